The van der Waals surface area contributed by atoms with E-state index < -0.39 is 109 Å². The van der Waals surface area contributed by atoms with Crippen molar-refractivity contribution in [3.63, 3.8) is 0 Å². The molecule has 3 aliphatic heterocycles. The lowest BCUT2D eigenvalue weighted by Crippen LogP contribution is -2.37. The number of nitrogen functional groups attached to an aromatic ring is 3. The van der Waals surface area contributed by atoms with Gasteiger partial charge in [0, 0.05) is 0 Å². The van der Waals surface area contributed by atoms with E-state index in [1.54, 1.807) is 0 Å². The molecule has 70 heavy (non-hydrogen) atoms. The largest absolute Gasteiger partial charge is 0.472 e. The Hall–Kier alpha value is -5.09. The molecule has 0 aromatic carbocycles. The molecule has 0 spiro atoms. The fourth-order valence-corrected chi connectivity index (χ4v) is 9.91. The molecule has 0 bridgehead atoms. The molecule has 382 valence electrons. The number of ether oxygens (including phenoxy) is 3. The van der Waals surface area contributed by atoms with Crippen molar-refractivity contribution in [2.24, 2.45) is 0 Å². The van der Waals surface area contributed by atoms with Crippen LogP contribution in [0.1, 0.15) is 39.5 Å². The van der Waals surface area contributed by atoms with Crippen LogP contribution in [-0.2, 0) is 41.4 Å². The van der Waals surface area contributed by atoms with Gasteiger partial charge in [0.1, 0.15) is 90.5 Å². The summed E-state index contributed by atoms with van der Waals surface area (Å²) in [6.45, 7) is 7.59. The van der Waals surface area contributed by atoms with E-state index in [1.165, 1.54) is 46.0 Å². The number of aliphatic hydroxyl groups excluding tert-OH is 5. The molecule has 14 atom stereocenters. The average Bonchev–Trinajstić information content (AvgIpc) is 4.20. The second-order valence-electron chi connectivity index (χ2n) is 15.9. The van der Waals surface area contributed by atoms with Gasteiger partial charge in [0.25, 0.3) is 0 Å². The summed E-state index contributed by atoms with van der Waals surface area (Å²) >= 11 is 0. The van der Waals surface area contributed by atoms with Crippen LogP contribution >= 0.6 is 15.6 Å². The van der Waals surface area contributed by atoms with Crippen molar-refractivity contribution in [1.82, 2.24) is 63.5 Å². The third kappa shape index (κ3) is 10.2. The van der Waals surface area contributed by atoms with E-state index in [1.807, 2.05) is 0 Å². The van der Waals surface area contributed by atoms with Gasteiger partial charge in [-0.05, 0) is 19.6 Å². The Bertz CT molecular complexity index is 2850. The highest BCUT2D eigenvalue weighted by atomic mass is 31.2. The highest BCUT2D eigenvalue weighted by Crippen LogP contribution is 2.53. The summed E-state index contributed by atoms with van der Waals surface area (Å²) in [7, 11) is -10.6. The van der Waals surface area contributed by atoms with Crippen LogP contribution in [0, 0.1) is 0 Å². The first-order chi connectivity index (χ1) is 33.4. The Morgan fingerprint density at radius 1 is 0.557 bits per heavy atom. The first-order valence-corrected chi connectivity index (χ1v) is 24.5. The highest BCUT2D eigenvalue weighted by Gasteiger charge is 2.53. The topological polar surface area (TPSA) is 452 Å². The molecule has 0 radical (unpaired) electrons. The van der Waals surface area contributed by atoms with Crippen molar-refractivity contribution in [3.05, 3.63) is 38.0 Å². The molecule has 6 aromatic heterocycles. The number of nitrogens with zero attached hydrogens (tertiary/aromatic N) is 13. The van der Waals surface area contributed by atoms with Gasteiger partial charge in [-0.25, -0.2) is 54.0 Å². The van der Waals surface area contributed by atoms with E-state index in [2.05, 4.69) is 70.5 Å². The molecule has 0 saturated carbocycles. The van der Waals surface area contributed by atoms with Crippen molar-refractivity contribution >= 4 is 66.6 Å². The molecule has 0 aliphatic carbocycles. The van der Waals surface area contributed by atoms with Gasteiger partial charge < -0.3 is 71.6 Å². The molecule has 3 aliphatic rings. The van der Waals surface area contributed by atoms with Gasteiger partial charge in [-0.2, -0.15) is 0 Å². The number of aliphatic hydroxyl groups is 5. The van der Waals surface area contributed by atoms with Gasteiger partial charge in [-0.3, -0.25) is 31.8 Å². The minimum absolute atomic E-state index is 0.00187. The molecule has 0 amide bonds. The molecule has 3 fully saturated rings. The van der Waals surface area contributed by atoms with E-state index in [-0.39, 0.29) is 50.9 Å². The maximum absolute atomic E-state index is 13.6. The number of anilines is 3. The first kappa shape index (κ1) is 51.3. The molecular weight excluding hydrogens is 974 g/mol. The average molecular weight is 1030 g/mol. The van der Waals surface area contributed by atoms with E-state index >= 15 is 0 Å². The predicted octanol–water partition coefficient (Wildman–Crippen LogP) is -2.27. The Kier molecular flexibility index (Phi) is 15.3. The van der Waals surface area contributed by atoms with E-state index in [0.717, 1.165) is 25.3 Å². The third-order valence-corrected chi connectivity index (χ3v) is 13.8. The minimum atomic E-state index is -5.29. The number of nitrogens with two attached hydrogens (primary N) is 3. The van der Waals surface area contributed by atoms with Crippen LogP contribution in [0.4, 0.5) is 17.5 Å². The summed E-state index contributed by atoms with van der Waals surface area (Å²) in [5, 5.41) is 54.0. The molecular formula is C36H52N16O16P2. The summed E-state index contributed by atoms with van der Waals surface area (Å²) in [4.78, 5) is 60.5. The van der Waals surface area contributed by atoms with Gasteiger partial charge in [0.2, 0.25) is 0 Å². The molecule has 34 heteroatoms. The van der Waals surface area contributed by atoms with Crippen LogP contribution < -0.4 is 17.2 Å². The van der Waals surface area contributed by atoms with Crippen molar-refractivity contribution in [3.8, 4) is 0 Å². The standard InChI is InChI=1S/C30H37N15O16P2.C6H15N/c31-22-13-25(37-4-34-22)43(7-40-13)28-19(50)16(47)11(58-28)2-55-62(51,52)61-21-18(49)12(59-30(21)45-9-42-15-24(33)36-6-39-27(15)45)3-56-63(53,54)60-20-17(48)10(1-46)57-29(20)44-8-41-14-23(32)35-5-38-26(14)44;1-4-7(5-2)6-3/h4-12,16-21,28-30,46-50H,1-3H2,(H,51,52)(H,53,54)(H2,31,34,37)(H2,32,35,38)(H2,33,36,39);4-6H2,1-3H3. The fraction of sp³-hybridized carbons (Fsp3) is 0.583. The third-order valence-electron chi connectivity index (χ3n) is 11.8. The Morgan fingerprint density at radius 3 is 1.30 bits per heavy atom. The van der Waals surface area contributed by atoms with Crippen LogP contribution in [0.15, 0.2) is 38.0 Å². The highest BCUT2D eigenvalue weighted by molar-refractivity contribution is 7.47. The second kappa shape index (κ2) is 20.9. The van der Waals surface area contributed by atoms with Gasteiger partial charge in [0.15, 0.2) is 53.1 Å². The number of hydrogen-bond acceptors (Lipinski definition) is 27. The lowest BCUT2D eigenvalue weighted by Gasteiger charge is -2.25. The molecule has 6 aromatic rings. The summed E-state index contributed by atoms with van der Waals surface area (Å²) in [6, 6.07) is 0. The van der Waals surface area contributed by atoms with E-state index in [0.29, 0.717) is 0 Å². The second-order valence-corrected chi connectivity index (χ2v) is 18.7. The number of rotatable bonds is 17. The Labute approximate surface area is 395 Å². The molecule has 3 saturated heterocycles. The fourth-order valence-electron chi connectivity index (χ4n) is 8.04. The zero-order valence-electron chi connectivity index (χ0n) is 37.4. The molecule has 32 nitrogen and oxygen atoms in total. The zero-order valence-corrected chi connectivity index (χ0v) is 39.2. The minimum Gasteiger partial charge on any atom is -0.394 e. The lowest BCUT2D eigenvalue weighted by atomic mass is 10.1. The normalized spacial score (nSPS) is 29.8. The van der Waals surface area contributed by atoms with Crippen LogP contribution in [0.3, 0.4) is 0 Å². The molecule has 9 heterocycles. The van der Waals surface area contributed by atoms with Crippen molar-refractivity contribution < 1.29 is 76.8 Å². The zero-order chi connectivity index (χ0) is 50.2. The van der Waals surface area contributed by atoms with Gasteiger partial charge in [-0.15, -0.1) is 0 Å². The van der Waals surface area contributed by atoms with Crippen LogP contribution in [0.2, 0.25) is 0 Å². The maximum Gasteiger partial charge on any atom is 0.472 e. The van der Waals surface area contributed by atoms with Crippen LogP contribution in [0.5, 0.6) is 0 Å². The Morgan fingerprint density at radius 2 is 0.914 bits per heavy atom. The van der Waals surface area contributed by atoms with Crippen molar-refractivity contribution in [2.75, 3.05) is 56.7 Å². The number of aromatic nitrogens is 12. The number of hydrogen-bond donors (Lipinski definition) is 10. The van der Waals surface area contributed by atoms with E-state index in [9.17, 15) is 44.4 Å². The number of phosphoric acid groups is 2. The molecule has 9 rings (SSSR count). The molecule has 14 unspecified atom stereocenters. The van der Waals surface area contributed by atoms with Crippen LogP contribution in [-0.4, -0.2) is 193 Å². The Balaban J connectivity index is 0.000000876. The predicted molar refractivity (Wildman–Crippen MR) is 237 cm³/mol. The quantitative estimate of drug-likeness (QED) is 0.0431. The van der Waals surface area contributed by atoms with Crippen molar-refractivity contribution in [2.45, 2.75) is 94.4 Å². The van der Waals surface area contributed by atoms with E-state index in [4.69, 9.17) is 49.5 Å². The van der Waals surface area contributed by atoms with Gasteiger partial charge >= 0.3 is 15.6 Å². The molecule has 13 N–H and O–H groups in total. The first-order valence-electron chi connectivity index (χ1n) is 21.5. The summed E-state index contributed by atoms with van der Waals surface area (Å²) in [6.07, 6.45) is -12.2. The lowest BCUT2D eigenvalue weighted by molar-refractivity contribution is -0.0645. The number of imidazole rings is 3. The smallest absolute Gasteiger partial charge is 0.394 e. The van der Waals surface area contributed by atoms with Gasteiger partial charge in [-0.1, -0.05) is 20.8 Å². The summed E-state index contributed by atoms with van der Waals surface area (Å²) in [5.74, 6) is -0.0122. The monoisotopic (exact) mass is 1030 g/mol. The van der Waals surface area contributed by atoms with Crippen molar-refractivity contribution in [1.29, 1.82) is 0 Å². The number of fused-ring (bicyclic) bond motifs is 3. The van der Waals surface area contributed by atoms with Crippen LogP contribution in [0.25, 0.3) is 33.5 Å². The van der Waals surface area contributed by atoms with Gasteiger partial charge in [0.05, 0.1) is 38.8 Å². The SMILES string of the molecule is CCN(CC)CC.Nc1ncnc2c1ncn2C1OC(COP(=O)(O)OC2C(O)C(COP(=O)(O)OC3C(O)C(CO)OC3n3cnc4c(N)ncnc43)OC2n2cnc3c(N)ncnc32)C(O)C1O. The number of phosphoric ester groups is 2. The summed E-state index contributed by atoms with van der Waals surface area (Å²) in [5.41, 5.74) is 18.4. The summed E-state index contributed by atoms with van der Waals surface area (Å²) < 4.78 is 69.5. The maximum atomic E-state index is 13.6.